The zero-order valence-corrected chi connectivity index (χ0v) is 17.6. The number of nitrogens with zero attached hydrogens (tertiary/aromatic N) is 1. The molecule has 5 nitrogen and oxygen atoms in total. The van der Waals surface area contributed by atoms with E-state index in [1.165, 1.54) is 17.0 Å². The van der Waals surface area contributed by atoms with Gasteiger partial charge < -0.3 is 15.0 Å². The molecule has 0 radical (unpaired) electrons. The van der Waals surface area contributed by atoms with Crippen LogP contribution in [0.4, 0.5) is 10.1 Å². The van der Waals surface area contributed by atoms with Crippen molar-refractivity contribution >= 4 is 17.5 Å². The van der Waals surface area contributed by atoms with Crippen molar-refractivity contribution in [3.8, 4) is 5.75 Å². The summed E-state index contributed by atoms with van der Waals surface area (Å²) in [4.78, 5) is 26.9. The number of benzene rings is 3. The molecular formula is C25H25FN2O3. The van der Waals surface area contributed by atoms with Crippen molar-refractivity contribution in [2.75, 3.05) is 19.5 Å². The zero-order chi connectivity index (χ0) is 22.2. The lowest BCUT2D eigenvalue weighted by molar-refractivity contribution is -0.116. The minimum absolute atomic E-state index is 0.177. The molecule has 0 bridgehead atoms. The Hall–Kier alpha value is -3.67. The van der Waals surface area contributed by atoms with E-state index in [4.69, 9.17) is 4.74 Å². The van der Waals surface area contributed by atoms with E-state index in [-0.39, 0.29) is 30.6 Å². The summed E-state index contributed by atoms with van der Waals surface area (Å²) in [6.07, 6.45) is 0.861. The molecule has 0 saturated carbocycles. The molecule has 3 aromatic carbocycles. The number of aryl methyl sites for hydroxylation is 1. The van der Waals surface area contributed by atoms with Gasteiger partial charge in [-0.05, 0) is 53.9 Å². The number of carbonyl (C=O) groups is 2. The number of methoxy groups -OCH3 is 1. The van der Waals surface area contributed by atoms with E-state index in [0.29, 0.717) is 23.2 Å². The average Bonchev–Trinajstić information content (AvgIpc) is 2.78. The van der Waals surface area contributed by atoms with Crippen LogP contribution in [0.25, 0.3) is 0 Å². The van der Waals surface area contributed by atoms with Crippen LogP contribution in [0, 0.1) is 5.82 Å². The van der Waals surface area contributed by atoms with Crippen molar-refractivity contribution in [2.24, 2.45) is 0 Å². The Labute approximate surface area is 181 Å². The maximum Gasteiger partial charge on any atom is 0.256 e. The van der Waals surface area contributed by atoms with Crippen LogP contribution in [0.15, 0.2) is 72.8 Å². The fraction of sp³-hybridized carbons (Fsp3) is 0.200. The summed E-state index contributed by atoms with van der Waals surface area (Å²) in [6, 6.07) is 20.6. The number of hydrogen-bond acceptors (Lipinski definition) is 3. The Kier molecular flexibility index (Phi) is 7.38. The largest absolute Gasteiger partial charge is 0.497 e. The van der Waals surface area contributed by atoms with E-state index >= 15 is 0 Å². The summed E-state index contributed by atoms with van der Waals surface area (Å²) in [7, 11) is 3.26. The molecule has 0 unspecified atom stereocenters. The van der Waals surface area contributed by atoms with Gasteiger partial charge in [-0.1, -0.05) is 36.4 Å². The van der Waals surface area contributed by atoms with Crippen LogP contribution in [-0.2, 0) is 17.8 Å². The van der Waals surface area contributed by atoms with Gasteiger partial charge >= 0.3 is 0 Å². The molecule has 3 aromatic rings. The van der Waals surface area contributed by atoms with Gasteiger partial charge in [-0.15, -0.1) is 0 Å². The second-order valence-electron chi connectivity index (χ2n) is 7.23. The van der Waals surface area contributed by atoms with Crippen LogP contribution in [0.2, 0.25) is 0 Å². The lowest BCUT2D eigenvalue weighted by Gasteiger charge is -2.19. The monoisotopic (exact) mass is 420 g/mol. The minimum atomic E-state index is -0.345. The van der Waals surface area contributed by atoms with Gasteiger partial charge in [0.05, 0.1) is 18.4 Å². The van der Waals surface area contributed by atoms with E-state index in [9.17, 15) is 14.0 Å². The Balaban J connectivity index is 1.63. The zero-order valence-electron chi connectivity index (χ0n) is 17.6. The first kappa shape index (κ1) is 22.0. The van der Waals surface area contributed by atoms with Gasteiger partial charge in [-0.25, -0.2) is 4.39 Å². The summed E-state index contributed by atoms with van der Waals surface area (Å²) >= 11 is 0. The molecule has 0 aliphatic rings. The first-order valence-corrected chi connectivity index (χ1v) is 9.98. The second-order valence-corrected chi connectivity index (χ2v) is 7.23. The third-order valence-corrected chi connectivity index (χ3v) is 4.89. The topological polar surface area (TPSA) is 58.6 Å². The van der Waals surface area contributed by atoms with Crippen molar-refractivity contribution in [1.82, 2.24) is 4.90 Å². The molecule has 1 N–H and O–H groups in total. The predicted octanol–water partition coefficient (Wildman–Crippen LogP) is 4.68. The summed E-state index contributed by atoms with van der Waals surface area (Å²) in [6.45, 7) is 0.260. The van der Waals surface area contributed by atoms with Gasteiger partial charge in [0.25, 0.3) is 5.91 Å². The standard InChI is InChI=1S/C25H25FN2O3/c1-28(17-19-6-5-7-20(26)16-19)25(30)22-8-3-4-9-23(22)27-24(29)15-12-18-10-13-21(31-2)14-11-18/h3-11,13-14,16H,12,15,17H2,1-2H3,(H,27,29). The van der Waals surface area contributed by atoms with Gasteiger partial charge in [-0.3, -0.25) is 9.59 Å². The van der Waals surface area contributed by atoms with Gasteiger partial charge in [0.2, 0.25) is 5.91 Å². The number of halogens is 1. The Bertz CT molecular complexity index is 1050. The van der Waals surface area contributed by atoms with E-state index in [2.05, 4.69) is 5.32 Å². The maximum atomic E-state index is 13.4. The smallest absolute Gasteiger partial charge is 0.256 e. The number of amides is 2. The first-order chi connectivity index (χ1) is 15.0. The number of carbonyl (C=O) groups excluding carboxylic acids is 2. The third kappa shape index (κ3) is 6.15. The molecule has 160 valence electrons. The number of anilines is 1. The molecule has 0 heterocycles. The molecule has 0 atom stereocenters. The molecule has 6 heteroatoms. The molecular weight excluding hydrogens is 395 g/mol. The van der Waals surface area contributed by atoms with E-state index < -0.39 is 0 Å². The van der Waals surface area contributed by atoms with Crippen LogP contribution in [0.1, 0.15) is 27.9 Å². The number of rotatable bonds is 8. The molecule has 2 amide bonds. The van der Waals surface area contributed by atoms with Crippen molar-refractivity contribution in [3.05, 3.63) is 95.3 Å². The fourth-order valence-corrected chi connectivity index (χ4v) is 3.23. The number of nitrogens with one attached hydrogen (secondary N) is 1. The summed E-state index contributed by atoms with van der Waals surface area (Å²) in [5.41, 5.74) is 2.56. The van der Waals surface area contributed by atoms with Crippen molar-refractivity contribution in [2.45, 2.75) is 19.4 Å². The van der Waals surface area contributed by atoms with Crippen LogP contribution < -0.4 is 10.1 Å². The highest BCUT2D eigenvalue weighted by atomic mass is 19.1. The summed E-state index contributed by atoms with van der Waals surface area (Å²) in [5.74, 6) is -0.00922. The van der Waals surface area contributed by atoms with Gasteiger partial charge in [0.1, 0.15) is 11.6 Å². The number of ether oxygens (including phenoxy) is 1. The van der Waals surface area contributed by atoms with Crippen LogP contribution in [0.5, 0.6) is 5.75 Å². The quantitative estimate of drug-likeness (QED) is 0.576. The molecule has 31 heavy (non-hydrogen) atoms. The molecule has 0 fully saturated rings. The van der Waals surface area contributed by atoms with Gasteiger partial charge in [-0.2, -0.15) is 0 Å². The molecule has 0 aliphatic heterocycles. The summed E-state index contributed by atoms with van der Waals surface area (Å²) in [5, 5.41) is 2.84. The second kappa shape index (κ2) is 10.4. The number of hydrogen-bond donors (Lipinski definition) is 1. The SMILES string of the molecule is COc1ccc(CCC(=O)Nc2ccccc2C(=O)N(C)Cc2cccc(F)c2)cc1. The molecule has 0 aliphatic carbocycles. The van der Waals surface area contributed by atoms with Gasteiger partial charge in [0, 0.05) is 20.0 Å². The predicted molar refractivity (Wildman–Crippen MR) is 119 cm³/mol. The summed E-state index contributed by atoms with van der Waals surface area (Å²) < 4.78 is 18.6. The highest BCUT2D eigenvalue weighted by Gasteiger charge is 2.17. The normalized spacial score (nSPS) is 10.4. The minimum Gasteiger partial charge on any atom is -0.497 e. The number of para-hydroxylation sites is 1. The van der Waals surface area contributed by atoms with E-state index in [1.54, 1.807) is 50.6 Å². The van der Waals surface area contributed by atoms with Gasteiger partial charge in [0.15, 0.2) is 0 Å². The van der Waals surface area contributed by atoms with E-state index in [0.717, 1.165) is 11.3 Å². The fourth-order valence-electron chi connectivity index (χ4n) is 3.23. The first-order valence-electron chi connectivity index (χ1n) is 9.98. The van der Waals surface area contributed by atoms with Crippen molar-refractivity contribution in [1.29, 1.82) is 0 Å². The Morgan fingerprint density at radius 2 is 1.71 bits per heavy atom. The third-order valence-electron chi connectivity index (χ3n) is 4.89. The molecule has 0 aromatic heterocycles. The molecule has 3 rings (SSSR count). The van der Waals surface area contributed by atoms with Crippen LogP contribution in [-0.4, -0.2) is 30.9 Å². The lowest BCUT2D eigenvalue weighted by atomic mass is 10.1. The van der Waals surface area contributed by atoms with Crippen LogP contribution >= 0.6 is 0 Å². The maximum absolute atomic E-state index is 13.4. The lowest BCUT2D eigenvalue weighted by Crippen LogP contribution is -2.27. The molecule has 0 saturated heterocycles. The van der Waals surface area contributed by atoms with Crippen molar-refractivity contribution < 1.29 is 18.7 Å². The highest BCUT2D eigenvalue weighted by molar-refractivity contribution is 6.03. The van der Waals surface area contributed by atoms with Crippen LogP contribution in [0.3, 0.4) is 0 Å². The highest BCUT2D eigenvalue weighted by Crippen LogP contribution is 2.19. The van der Waals surface area contributed by atoms with Crippen molar-refractivity contribution in [3.63, 3.8) is 0 Å². The Morgan fingerprint density at radius 3 is 2.42 bits per heavy atom. The molecule has 0 spiro atoms. The van der Waals surface area contributed by atoms with E-state index in [1.807, 2.05) is 24.3 Å². The Morgan fingerprint density at radius 1 is 0.968 bits per heavy atom. The average molecular weight is 420 g/mol.